The maximum Gasteiger partial charge on any atom is 0.333 e. The first-order chi connectivity index (χ1) is 19.9. The molecule has 41 heavy (non-hydrogen) atoms. The Balaban J connectivity index is 1.70. The summed E-state index contributed by atoms with van der Waals surface area (Å²) in [6.45, 7) is 1.30. The second kappa shape index (κ2) is 9.86. The van der Waals surface area contributed by atoms with Crippen LogP contribution in [-0.4, -0.2) is 41.7 Å². The number of Topliss-reactive ketones (excluding diaryl/α,β-unsaturated/α-hetero) is 1. The molecule has 4 aromatic rings. The lowest BCUT2D eigenvalue weighted by molar-refractivity contribution is -0.193. The van der Waals surface area contributed by atoms with E-state index in [1.165, 1.54) is 18.9 Å². The van der Waals surface area contributed by atoms with Crippen molar-refractivity contribution in [2.24, 2.45) is 0 Å². The molecule has 1 amide bonds. The van der Waals surface area contributed by atoms with Gasteiger partial charge in [0.2, 0.25) is 5.91 Å². The molecular formula is C34H27NO6. The van der Waals surface area contributed by atoms with Gasteiger partial charge in [-0.25, -0.2) is 4.79 Å². The second-order valence-corrected chi connectivity index (χ2v) is 10.2. The minimum atomic E-state index is -1.76. The Morgan fingerprint density at radius 3 is 1.88 bits per heavy atom. The Kier molecular flexibility index (Phi) is 6.30. The normalized spacial score (nSPS) is 23.0. The Morgan fingerprint density at radius 2 is 1.29 bits per heavy atom. The van der Waals surface area contributed by atoms with Gasteiger partial charge in [0.1, 0.15) is 6.04 Å². The molecular weight excluding hydrogens is 518 g/mol. The van der Waals surface area contributed by atoms with E-state index in [-0.39, 0.29) is 0 Å². The van der Waals surface area contributed by atoms with Gasteiger partial charge in [-0.05, 0) is 11.1 Å². The van der Waals surface area contributed by atoms with E-state index in [0.29, 0.717) is 27.8 Å². The summed E-state index contributed by atoms with van der Waals surface area (Å²) in [6, 6.07) is 31.2. The van der Waals surface area contributed by atoms with Gasteiger partial charge in [0.15, 0.2) is 22.8 Å². The summed E-state index contributed by atoms with van der Waals surface area (Å²) in [5.41, 5.74) is -0.974. The van der Waals surface area contributed by atoms with Gasteiger partial charge in [0, 0.05) is 23.6 Å². The number of benzene rings is 4. The van der Waals surface area contributed by atoms with Crippen molar-refractivity contribution < 1.29 is 28.7 Å². The van der Waals surface area contributed by atoms with Gasteiger partial charge < -0.3 is 14.4 Å². The van der Waals surface area contributed by atoms with Crippen LogP contribution in [0.15, 0.2) is 115 Å². The lowest BCUT2D eigenvalue weighted by Gasteiger charge is -2.58. The molecule has 6 rings (SSSR count). The van der Waals surface area contributed by atoms with Crippen LogP contribution in [0.3, 0.4) is 0 Å². The quantitative estimate of drug-likeness (QED) is 0.144. The third-order valence-electron chi connectivity index (χ3n) is 8.12. The molecule has 1 heterocycles. The zero-order valence-corrected chi connectivity index (χ0v) is 22.5. The van der Waals surface area contributed by atoms with Crippen LogP contribution in [-0.2, 0) is 34.9 Å². The molecule has 1 aliphatic heterocycles. The molecule has 1 aliphatic carbocycles. The number of likely N-dealkylation sites (tertiary alicyclic amines) is 1. The van der Waals surface area contributed by atoms with Crippen molar-refractivity contribution in [1.29, 1.82) is 0 Å². The third kappa shape index (κ3) is 3.58. The molecule has 7 heteroatoms. The van der Waals surface area contributed by atoms with E-state index in [0.717, 1.165) is 0 Å². The van der Waals surface area contributed by atoms with E-state index in [4.69, 9.17) is 9.47 Å². The first-order valence-electron chi connectivity index (χ1n) is 13.3. The van der Waals surface area contributed by atoms with Gasteiger partial charge in [0.25, 0.3) is 0 Å². The van der Waals surface area contributed by atoms with Crippen LogP contribution >= 0.6 is 0 Å². The molecule has 2 aliphatic rings. The van der Waals surface area contributed by atoms with Crippen LogP contribution in [0.25, 0.3) is 0 Å². The molecule has 0 saturated carbocycles. The summed E-state index contributed by atoms with van der Waals surface area (Å²) in [6.07, 6.45) is 0. The fourth-order valence-corrected chi connectivity index (χ4v) is 6.62. The van der Waals surface area contributed by atoms with Gasteiger partial charge in [-0.1, -0.05) is 115 Å². The first kappa shape index (κ1) is 26.2. The van der Waals surface area contributed by atoms with E-state index < -0.39 is 46.7 Å². The Hall–Kier alpha value is -5.04. The molecule has 0 radical (unpaired) electrons. The predicted molar refractivity (Wildman–Crippen MR) is 150 cm³/mol. The number of β-lactam (4-membered cyclic amide) rings is 1. The first-order valence-corrected chi connectivity index (χ1v) is 13.3. The largest absolute Gasteiger partial charge is 0.467 e. The van der Waals surface area contributed by atoms with Crippen LogP contribution < -0.4 is 0 Å². The zero-order valence-electron chi connectivity index (χ0n) is 22.5. The van der Waals surface area contributed by atoms with E-state index >= 15 is 0 Å². The number of hydrogen-bond donors (Lipinski definition) is 0. The third-order valence-corrected chi connectivity index (χ3v) is 8.12. The van der Waals surface area contributed by atoms with Crippen LogP contribution in [0.4, 0.5) is 0 Å². The average molecular weight is 546 g/mol. The van der Waals surface area contributed by atoms with Crippen molar-refractivity contribution in [3.63, 3.8) is 0 Å². The summed E-state index contributed by atoms with van der Waals surface area (Å²) in [5, 5.41) is 0. The Bertz CT molecular complexity index is 1650. The Morgan fingerprint density at radius 1 is 0.756 bits per heavy atom. The summed E-state index contributed by atoms with van der Waals surface area (Å²) >= 11 is 0. The highest BCUT2D eigenvalue weighted by Crippen LogP contribution is 2.64. The van der Waals surface area contributed by atoms with Gasteiger partial charge in [-0.15, -0.1) is 0 Å². The molecule has 1 fully saturated rings. The van der Waals surface area contributed by atoms with E-state index in [9.17, 15) is 19.2 Å². The van der Waals surface area contributed by atoms with Gasteiger partial charge >= 0.3 is 11.9 Å². The van der Waals surface area contributed by atoms with Crippen molar-refractivity contribution in [2.75, 3.05) is 7.11 Å². The summed E-state index contributed by atoms with van der Waals surface area (Å²) in [5.74, 6) is -2.27. The second-order valence-electron chi connectivity index (χ2n) is 10.2. The molecule has 0 aromatic heterocycles. The molecule has 1 saturated heterocycles. The minimum absolute atomic E-state index is 0.335. The summed E-state index contributed by atoms with van der Waals surface area (Å²) < 4.78 is 11.5. The fourth-order valence-electron chi connectivity index (χ4n) is 6.62. The SMILES string of the molecule is COC(=O)[C@H](c1ccccc1)N1C(=O)C2(C(=O)c3ccccc3)c3ccccc3C(OC(C)=O)(c3ccccc3)C12. The number of ether oxygens (including phenoxy) is 2. The number of carbonyl (C=O) groups excluding carboxylic acids is 4. The highest BCUT2D eigenvalue weighted by atomic mass is 16.6. The van der Waals surface area contributed by atoms with Crippen LogP contribution in [0.1, 0.15) is 45.6 Å². The zero-order chi connectivity index (χ0) is 28.8. The summed E-state index contributed by atoms with van der Waals surface area (Å²) in [4.78, 5) is 57.1. The standard InChI is InChI=1S/C34H27NO6/c1-22(36)41-34(25-18-10-5-11-19-25)27-21-13-12-20-26(27)33(29(37)24-16-8-4-9-17-24)31(34)35(32(33)39)28(30(38)40-2)23-14-6-3-7-15-23/h3-21,28,31H,1-2H3/t28-,31?,33?,34?/m0/s1. The summed E-state index contributed by atoms with van der Waals surface area (Å²) in [7, 11) is 1.25. The Labute approximate surface area is 237 Å². The molecule has 4 aromatic carbocycles. The number of hydrogen-bond acceptors (Lipinski definition) is 6. The van der Waals surface area contributed by atoms with E-state index in [2.05, 4.69) is 0 Å². The van der Waals surface area contributed by atoms with E-state index in [1.54, 1.807) is 97.1 Å². The smallest absolute Gasteiger partial charge is 0.333 e. The average Bonchev–Trinajstić information content (AvgIpc) is 3.24. The molecule has 204 valence electrons. The number of amides is 1. The van der Waals surface area contributed by atoms with Crippen molar-refractivity contribution in [3.8, 4) is 0 Å². The molecule has 0 bridgehead atoms. The number of methoxy groups -OCH3 is 1. The van der Waals surface area contributed by atoms with Crippen molar-refractivity contribution in [2.45, 2.75) is 30.0 Å². The molecule has 4 atom stereocenters. The monoisotopic (exact) mass is 545 g/mol. The predicted octanol–water partition coefficient (Wildman–Crippen LogP) is 4.75. The molecule has 0 N–H and O–H groups in total. The van der Waals surface area contributed by atoms with Crippen LogP contribution in [0.5, 0.6) is 0 Å². The number of esters is 2. The van der Waals surface area contributed by atoms with E-state index in [1.807, 2.05) is 18.2 Å². The van der Waals surface area contributed by atoms with Gasteiger partial charge in [0.05, 0.1) is 7.11 Å². The minimum Gasteiger partial charge on any atom is -0.467 e. The van der Waals surface area contributed by atoms with Crippen LogP contribution in [0, 0.1) is 0 Å². The number of ketones is 1. The lowest BCUT2D eigenvalue weighted by Crippen LogP contribution is -2.78. The van der Waals surface area contributed by atoms with Crippen molar-refractivity contribution in [3.05, 3.63) is 143 Å². The molecule has 3 unspecified atom stereocenters. The fraction of sp³-hybridized carbons (Fsp3) is 0.176. The lowest BCUT2D eigenvalue weighted by atomic mass is 9.61. The number of carbonyl (C=O) groups is 4. The molecule has 0 spiro atoms. The number of fused-ring (bicyclic) bond motifs is 3. The van der Waals surface area contributed by atoms with Crippen molar-refractivity contribution in [1.82, 2.24) is 4.90 Å². The highest BCUT2D eigenvalue weighted by molar-refractivity contribution is 6.25. The highest BCUT2D eigenvalue weighted by Gasteiger charge is 2.80. The maximum absolute atomic E-state index is 14.7. The number of rotatable bonds is 7. The maximum atomic E-state index is 14.7. The van der Waals surface area contributed by atoms with Gasteiger partial charge in [-0.2, -0.15) is 0 Å². The van der Waals surface area contributed by atoms with Crippen LogP contribution in [0.2, 0.25) is 0 Å². The van der Waals surface area contributed by atoms with Gasteiger partial charge in [-0.3, -0.25) is 14.4 Å². The van der Waals surface area contributed by atoms with Crippen molar-refractivity contribution >= 4 is 23.6 Å². The topological polar surface area (TPSA) is 90.0 Å². The number of nitrogens with zero attached hydrogens (tertiary/aromatic N) is 1. The molecule has 7 nitrogen and oxygen atoms in total.